The maximum absolute atomic E-state index is 11.9. The fraction of sp³-hybridized carbons (Fsp3) is 0.391. The zero-order valence-electron chi connectivity index (χ0n) is 18.5. The largest absolute Gasteiger partial charge is 0.493 e. The molecular formula is C23H30N2O6. The first-order valence-electron chi connectivity index (χ1n) is 10.1. The first kappa shape index (κ1) is 23.9. The van der Waals surface area contributed by atoms with Crippen LogP contribution < -0.4 is 24.3 Å². The summed E-state index contributed by atoms with van der Waals surface area (Å²) in [5, 5.41) is 6.63. The summed E-state index contributed by atoms with van der Waals surface area (Å²) in [4.78, 5) is 17.0. The van der Waals surface area contributed by atoms with Gasteiger partial charge in [-0.25, -0.2) is 0 Å². The molecule has 0 fully saturated rings. The van der Waals surface area contributed by atoms with Crippen molar-refractivity contribution in [3.8, 4) is 23.0 Å². The number of nitrogens with one attached hydrogen (secondary N) is 1. The van der Waals surface area contributed by atoms with Gasteiger partial charge in [-0.1, -0.05) is 11.2 Å². The molecule has 0 spiro atoms. The van der Waals surface area contributed by atoms with E-state index < -0.39 is 0 Å². The number of methoxy groups -OCH3 is 2. The van der Waals surface area contributed by atoms with Gasteiger partial charge in [0.2, 0.25) is 0 Å². The zero-order chi connectivity index (χ0) is 22.5. The molecule has 1 N–H and O–H groups in total. The molecule has 2 aromatic rings. The SMILES string of the molecule is CCOc1ccc(CCNC(=O)CO/N=C/c2ccc(OC)c(OC)c2)cc1OCC. The quantitative estimate of drug-likeness (QED) is 0.388. The number of nitrogens with zero attached hydrogens (tertiary/aromatic N) is 1. The van der Waals surface area contributed by atoms with Crippen molar-refractivity contribution in [2.75, 3.05) is 40.6 Å². The molecule has 168 valence electrons. The highest BCUT2D eigenvalue weighted by molar-refractivity contribution is 5.81. The van der Waals surface area contributed by atoms with Crippen molar-refractivity contribution in [1.29, 1.82) is 0 Å². The molecule has 1 amide bonds. The summed E-state index contributed by atoms with van der Waals surface area (Å²) in [6.07, 6.45) is 2.16. The Hall–Kier alpha value is -3.42. The zero-order valence-corrected chi connectivity index (χ0v) is 18.5. The van der Waals surface area contributed by atoms with E-state index in [-0.39, 0.29) is 12.5 Å². The van der Waals surface area contributed by atoms with Gasteiger partial charge in [-0.2, -0.15) is 0 Å². The van der Waals surface area contributed by atoms with Crippen LogP contribution in [0.2, 0.25) is 0 Å². The lowest BCUT2D eigenvalue weighted by Gasteiger charge is -2.12. The van der Waals surface area contributed by atoms with Crippen molar-refractivity contribution in [1.82, 2.24) is 5.32 Å². The number of amides is 1. The molecule has 0 radical (unpaired) electrons. The second kappa shape index (κ2) is 13.0. The Morgan fingerprint density at radius 1 is 0.935 bits per heavy atom. The molecule has 8 heteroatoms. The number of carbonyl (C=O) groups is 1. The summed E-state index contributed by atoms with van der Waals surface area (Å²) in [5.74, 6) is 2.39. The van der Waals surface area contributed by atoms with Gasteiger partial charge in [0.15, 0.2) is 29.6 Å². The van der Waals surface area contributed by atoms with E-state index in [1.165, 1.54) is 6.21 Å². The Labute approximate surface area is 183 Å². The van der Waals surface area contributed by atoms with E-state index in [2.05, 4.69) is 10.5 Å². The minimum absolute atomic E-state index is 0.169. The highest BCUT2D eigenvalue weighted by Crippen LogP contribution is 2.29. The van der Waals surface area contributed by atoms with Crippen molar-refractivity contribution in [3.05, 3.63) is 47.5 Å². The van der Waals surface area contributed by atoms with Crippen LogP contribution >= 0.6 is 0 Å². The molecule has 8 nitrogen and oxygen atoms in total. The summed E-state index contributed by atoms with van der Waals surface area (Å²) in [5.41, 5.74) is 1.80. The number of rotatable bonds is 13. The average molecular weight is 431 g/mol. The Bertz CT molecular complexity index is 869. The molecule has 0 saturated carbocycles. The van der Waals surface area contributed by atoms with Gasteiger partial charge in [0.05, 0.1) is 33.6 Å². The number of oxime groups is 1. The van der Waals surface area contributed by atoms with Crippen LogP contribution in [0.4, 0.5) is 0 Å². The van der Waals surface area contributed by atoms with Crippen LogP contribution in [0, 0.1) is 0 Å². The van der Waals surface area contributed by atoms with Crippen LogP contribution in [0.1, 0.15) is 25.0 Å². The molecule has 0 heterocycles. The monoisotopic (exact) mass is 430 g/mol. The number of hydrogen-bond donors (Lipinski definition) is 1. The number of ether oxygens (including phenoxy) is 4. The third-order valence-electron chi connectivity index (χ3n) is 4.22. The van der Waals surface area contributed by atoms with Crippen LogP contribution in [0.3, 0.4) is 0 Å². The maximum atomic E-state index is 11.9. The van der Waals surface area contributed by atoms with Crippen molar-refractivity contribution in [2.45, 2.75) is 20.3 Å². The average Bonchev–Trinajstić information content (AvgIpc) is 2.78. The highest BCUT2D eigenvalue weighted by atomic mass is 16.6. The molecule has 0 aliphatic rings. The van der Waals surface area contributed by atoms with Gasteiger partial charge < -0.3 is 29.1 Å². The topological polar surface area (TPSA) is 87.6 Å². The molecule has 31 heavy (non-hydrogen) atoms. The van der Waals surface area contributed by atoms with Crippen molar-refractivity contribution >= 4 is 12.1 Å². The van der Waals surface area contributed by atoms with Crippen LogP contribution in [0.25, 0.3) is 0 Å². The van der Waals surface area contributed by atoms with E-state index in [1.807, 2.05) is 38.1 Å². The third-order valence-corrected chi connectivity index (χ3v) is 4.22. The molecule has 0 aliphatic heterocycles. The van der Waals surface area contributed by atoms with Gasteiger partial charge in [-0.05, 0) is 56.2 Å². The lowest BCUT2D eigenvalue weighted by atomic mass is 10.1. The summed E-state index contributed by atoms with van der Waals surface area (Å²) >= 11 is 0. The van der Waals surface area contributed by atoms with E-state index in [9.17, 15) is 4.79 Å². The predicted octanol–water partition coefficient (Wildman–Crippen LogP) is 3.21. The van der Waals surface area contributed by atoms with E-state index in [4.69, 9.17) is 23.8 Å². The van der Waals surface area contributed by atoms with Crippen LogP contribution in [0.5, 0.6) is 23.0 Å². The third kappa shape index (κ3) is 7.73. The van der Waals surface area contributed by atoms with Crippen molar-refractivity contribution in [3.63, 3.8) is 0 Å². The minimum atomic E-state index is -0.250. The summed E-state index contributed by atoms with van der Waals surface area (Å²) in [7, 11) is 3.13. The van der Waals surface area contributed by atoms with Gasteiger partial charge in [0.25, 0.3) is 5.91 Å². The molecule has 2 rings (SSSR count). The molecule has 0 unspecified atom stereocenters. The number of hydrogen-bond acceptors (Lipinski definition) is 7. The predicted molar refractivity (Wildman–Crippen MR) is 119 cm³/mol. The summed E-state index contributed by atoms with van der Waals surface area (Å²) in [6, 6.07) is 11.1. The van der Waals surface area contributed by atoms with Gasteiger partial charge in [-0.15, -0.1) is 0 Å². The standard InChI is InChI=1S/C23H30N2O6/c1-5-29-20-10-7-17(13-22(20)30-6-2)11-12-24-23(26)16-31-25-15-18-8-9-19(27-3)21(14-18)28-4/h7-10,13-15H,5-6,11-12,16H2,1-4H3,(H,24,26)/b25-15+. The second-order valence-corrected chi connectivity index (χ2v) is 6.37. The van der Waals surface area contributed by atoms with Crippen LogP contribution in [-0.4, -0.2) is 52.7 Å². The van der Waals surface area contributed by atoms with Gasteiger partial charge in [-0.3, -0.25) is 4.79 Å². The first-order valence-corrected chi connectivity index (χ1v) is 10.1. The van der Waals surface area contributed by atoms with E-state index in [0.29, 0.717) is 43.4 Å². The Balaban J connectivity index is 1.76. The number of benzene rings is 2. The van der Waals surface area contributed by atoms with Gasteiger partial charge >= 0.3 is 0 Å². The molecule has 0 saturated heterocycles. The molecule has 2 aromatic carbocycles. The second-order valence-electron chi connectivity index (χ2n) is 6.37. The van der Waals surface area contributed by atoms with Crippen molar-refractivity contribution < 1.29 is 28.6 Å². The molecule has 0 atom stereocenters. The summed E-state index contributed by atoms with van der Waals surface area (Å²) in [6.45, 7) is 5.29. The smallest absolute Gasteiger partial charge is 0.260 e. The minimum Gasteiger partial charge on any atom is -0.493 e. The molecular weight excluding hydrogens is 400 g/mol. The molecule has 0 bridgehead atoms. The lowest BCUT2D eigenvalue weighted by molar-refractivity contribution is -0.125. The van der Waals surface area contributed by atoms with Crippen LogP contribution in [-0.2, 0) is 16.1 Å². The van der Waals surface area contributed by atoms with Crippen molar-refractivity contribution in [2.24, 2.45) is 5.16 Å². The number of carbonyl (C=O) groups excluding carboxylic acids is 1. The first-order chi connectivity index (χ1) is 15.1. The Kier molecular flexibility index (Phi) is 10.0. The highest BCUT2D eigenvalue weighted by Gasteiger charge is 2.07. The van der Waals surface area contributed by atoms with Gasteiger partial charge in [0, 0.05) is 12.1 Å². The molecule has 0 aliphatic carbocycles. The fourth-order valence-corrected chi connectivity index (χ4v) is 2.78. The molecule has 0 aromatic heterocycles. The van der Waals surface area contributed by atoms with Gasteiger partial charge in [0.1, 0.15) is 0 Å². The normalized spacial score (nSPS) is 10.6. The lowest BCUT2D eigenvalue weighted by Crippen LogP contribution is -2.28. The fourth-order valence-electron chi connectivity index (χ4n) is 2.78. The van der Waals surface area contributed by atoms with E-state index in [1.54, 1.807) is 26.4 Å². The Morgan fingerprint density at radius 3 is 2.35 bits per heavy atom. The van der Waals surface area contributed by atoms with E-state index >= 15 is 0 Å². The van der Waals surface area contributed by atoms with Crippen LogP contribution in [0.15, 0.2) is 41.6 Å². The summed E-state index contributed by atoms with van der Waals surface area (Å²) < 4.78 is 21.6. The Morgan fingerprint density at radius 2 is 1.65 bits per heavy atom. The maximum Gasteiger partial charge on any atom is 0.260 e. The van der Waals surface area contributed by atoms with E-state index in [0.717, 1.165) is 16.9 Å².